The summed E-state index contributed by atoms with van der Waals surface area (Å²) >= 11 is 3.33. The van der Waals surface area contributed by atoms with Gasteiger partial charge in [-0.05, 0) is 15.9 Å². The second-order valence-corrected chi connectivity index (χ2v) is 4.14. The van der Waals surface area contributed by atoms with Gasteiger partial charge in [-0.15, -0.1) is 11.3 Å². The number of aldehydes is 1. The topological polar surface area (TPSA) is 30.0 Å². The molecule has 0 unspecified atom stereocenters. The molecule has 0 spiro atoms. The first-order valence-corrected chi connectivity index (χ1v) is 4.25. The normalized spacial score (nSPS) is 11.7. The zero-order chi connectivity index (χ0) is 9.35. The quantitative estimate of drug-likeness (QED) is 0.726. The molecule has 0 aromatic carbocycles. The Morgan fingerprint density at radius 3 is 2.33 bits per heavy atom. The lowest BCUT2D eigenvalue weighted by Gasteiger charge is -2.00. The number of alkyl halides is 3. The highest BCUT2D eigenvalue weighted by Gasteiger charge is 2.36. The molecule has 0 radical (unpaired) electrons. The molecule has 0 aliphatic heterocycles. The van der Waals surface area contributed by atoms with Crippen LogP contribution in [0.5, 0.6) is 0 Å². The van der Waals surface area contributed by atoms with Crippen molar-refractivity contribution >= 4 is 33.6 Å². The Kier molecular flexibility index (Phi) is 2.52. The minimum Gasteiger partial charge on any atom is -0.295 e. The molecule has 0 amide bonds. The first-order valence-electron chi connectivity index (χ1n) is 2.64. The fraction of sp³-hybridized carbons (Fsp3) is 0.200. The van der Waals surface area contributed by atoms with Crippen LogP contribution in [0.25, 0.3) is 0 Å². The fourth-order valence-corrected chi connectivity index (χ4v) is 1.98. The van der Waals surface area contributed by atoms with Crippen LogP contribution in [0.15, 0.2) is 3.79 Å². The number of nitrogens with zero attached hydrogens (tertiary/aromatic N) is 1. The third-order valence-corrected chi connectivity index (χ3v) is 2.60. The van der Waals surface area contributed by atoms with Gasteiger partial charge in [0.1, 0.15) is 3.79 Å². The largest absolute Gasteiger partial charge is 0.435 e. The number of hydrogen-bond acceptors (Lipinski definition) is 3. The van der Waals surface area contributed by atoms with E-state index in [9.17, 15) is 18.0 Å². The summed E-state index contributed by atoms with van der Waals surface area (Å²) in [7, 11) is 0. The van der Waals surface area contributed by atoms with Crippen molar-refractivity contribution in [1.29, 1.82) is 0 Å². The number of thiazole rings is 1. The molecule has 0 N–H and O–H groups in total. The van der Waals surface area contributed by atoms with Crippen molar-refractivity contribution in [3.63, 3.8) is 0 Å². The van der Waals surface area contributed by atoms with Gasteiger partial charge in [0.25, 0.3) is 0 Å². The summed E-state index contributed by atoms with van der Waals surface area (Å²) in [6.45, 7) is 0. The Bertz CT molecular complexity index is 308. The van der Waals surface area contributed by atoms with Crippen molar-refractivity contribution in [3.8, 4) is 0 Å². The standard InChI is InChI=1S/C5HBrF3NOS/c6-4-3(5(7,8)9)10-2(1-11)12-4/h1H. The van der Waals surface area contributed by atoms with E-state index in [1.807, 2.05) is 0 Å². The minimum atomic E-state index is -4.50. The van der Waals surface area contributed by atoms with Crippen LogP contribution in [0.2, 0.25) is 0 Å². The van der Waals surface area contributed by atoms with Crippen molar-refractivity contribution in [2.24, 2.45) is 0 Å². The van der Waals surface area contributed by atoms with Crippen molar-refractivity contribution in [1.82, 2.24) is 4.98 Å². The Morgan fingerprint density at radius 1 is 1.50 bits per heavy atom. The summed E-state index contributed by atoms with van der Waals surface area (Å²) in [6, 6.07) is 0. The van der Waals surface area contributed by atoms with E-state index in [1.54, 1.807) is 0 Å². The number of hydrogen-bond donors (Lipinski definition) is 0. The molecule has 0 fully saturated rings. The number of carbonyl (C=O) groups excluding carboxylic acids is 1. The molecule has 0 saturated carbocycles. The lowest BCUT2D eigenvalue weighted by molar-refractivity contribution is -0.141. The Labute approximate surface area is 77.5 Å². The van der Waals surface area contributed by atoms with Gasteiger partial charge in [-0.3, -0.25) is 4.79 Å². The SMILES string of the molecule is O=Cc1nc(C(F)(F)F)c(Br)s1. The molecular formula is C5HBrF3NOS. The fourth-order valence-electron chi connectivity index (χ4n) is 0.542. The Morgan fingerprint density at radius 2 is 2.08 bits per heavy atom. The van der Waals surface area contributed by atoms with E-state index in [4.69, 9.17) is 0 Å². The lowest BCUT2D eigenvalue weighted by Crippen LogP contribution is -2.06. The molecular weight excluding hydrogens is 259 g/mol. The van der Waals surface area contributed by atoms with E-state index in [0.717, 1.165) is 0 Å². The Balaban J connectivity index is 3.16. The Hall–Kier alpha value is -0.430. The first kappa shape index (κ1) is 9.66. The second kappa shape index (κ2) is 3.14. The van der Waals surface area contributed by atoms with Crippen LogP contribution in [-0.2, 0) is 6.18 Å². The summed E-state index contributed by atoms with van der Waals surface area (Å²) in [4.78, 5) is 13.1. The van der Waals surface area contributed by atoms with Crippen molar-refractivity contribution in [3.05, 3.63) is 14.5 Å². The predicted molar refractivity (Wildman–Crippen MR) is 40.2 cm³/mol. The lowest BCUT2D eigenvalue weighted by atomic mass is 10.5. The van der Waals surface area contributed by atoms with Crippen LogP contribution in [0.4, 0.5) is 13.2 Å². The van der Waals surface area contributed by atoms with E-state index in [2.05, 4.69) is 20.9 Å². The van der Waals surface area contributed by atoms with Crippen LogP contribution in [0, 0.1) is 0 Å². The van der Waals surface area contributed by atoms with Gasteiger partial charge in [0.15, 0.2) is 17.0 Å². The van der Waals surface area contributed by atoms with Crippen LogP contribution in [-0.4, -0.2) is 11.3 Å². The van der Waals surface area contributed by atoms with E-state index in [0.29, 0.717) is 11.3 Å². The second-order valence-electron chi connectivity index (χ2n) is 1.79. The zero-order valence-electron chi connectivity index (χ0n) is 5.35. The molecule has 12 heavy (non-hydrogen) atoms. The van der Waals surface area contributed by atoms with Gasteiger partial charge in [-0.2, -0.15) is 13.2 Å². The van der Waals surface area contributed by atoms with Crippen LogP contribution >= 0.6 is 27.3 Å². The molecule has 1 heterocycles. The maximum absolute atomic E-state index is 12.0. The molecule has 1 rings (SSSR count). The molecule has 0 saturated heterocycles. The van der Waals surface area contributed by atoms with E-state index >= 15 is 0 Å². The summed E-state index contributed by atoms with van der Waals surface area (Å²) in [6.07, 6.45) is -4.22. The summed E-state index contributed by atoms with van der Waals surface area (Å²) in [5.41, 5.74) is -1.05. The maximum Gasteiger partial charge on any atom is 0.435 e. The molecule has 66 valence electrons. The monoisotopic (exact) mass is 259 g/mol. The highest BCUT2D eigenvalue weighted by atomic mass is 79.9. The summed E-state index contributed by atoms with van der Waals surface area (Å²) in [5, 5.41) is -0.186. The van der Waals surface area contributed by atoms with E-state index < -0.39 is 11.9 Å². The van der Waals surface area contributed by atoms with Gasteiger partial charge in [0, 0.05) is 0 Å². The van der Waals surface area contributed by atoms with Gasteiger partial charge in [0.2, 0.25) is 0 Å². The molecule has 7 heteroatoms. The average Bonchev–Trinajstić information content (AvgIpc) is 2.29. The minimum absolute atomic E-state index is 0.169. The number of rotatable bonds is 1. The van der Waals surface area contributed by atoms with E-state index in [-0.39, 0.29) is 15.1 Å². The number of halogens is 4. The molecule has 0 bridgehead atoms. The van der Waals surface area contributed by atoms with Gasteiger partial charge < -0.3 is 0 Å². The van der Waals surface area contributed by atoms with Gasteiger partial charge in [-0.1, -0.05) is 0 Å². The van der Waals surface area contributed by atoms with Crippen molar-refractivity contribution in [2.75, 3.05) is 0 Å². The average molecular weight is 260 g/mol. The van der Waals surface area contributed by atoms with Crippen LogP contribution < -0.4 is 0 Å². The van der Waals surface area contributed by atoms with Gasteiger partial charge >= 0.3 is 6.18 Å². The molecule has 0 aliphatic rings. The van der Waals surface area contributed by atoms with Gasteiger partial charge in [0.05, 0.1) is 0 Å². The maximum atomic E-state index is 12.0. The zero-order valence-corrected chi connectivity index (χ0v) is 7.76. The molecule has 2 nitrogen and oxygen atoms in total. The summed E-state index contributed by atoms with van der Waals surface area (Å²) < 4.78 is 35.8. The summed E-state index contributed by atoms with van der Waals surface area (Å²) in [5.74, 6) is 0. The molecule has 0 aliphatic carbocycles. The first-order chi connectivity index (χ1) is 5.45. The number of aromatic nitrogens is 1. The van der Waals surface area contributed by atoms with Crippen molar-refractivity contribution in [2.45, 2.75) is 6.18 Å². The van der Waals surface area contributed by atoms with Crippen LogP contribution in [0.3, 0.4) is 0 Å². The van der Waals surface area contributed by atoms with E-state index in [1.165, 1.54) is 0 Å². The smallest absolute Gasteiger partial charge is 0.295 e. The number of carbonyl (C=O) groups is 1. The third kappa shape index (κ3) is 1.84. The highest BCUT2D eigenvalue weighted by Crippen LogP contribution is 2.36. The van der Waals surface area contributed by atoms with Crippen molar-refractivity contribution < 1.29 is 18.0 Å². The van der Waals surface area contributed by atoms with Crippen LogP contribution in [0.1, 0.15) is 15.5 Å². The molecule has 1 aromatic rings. The highest BCUT2D eigenvalue weighted by molar-refractivity contribution is 9.11. The third-order valence-electron chi connectivity index (χ3n) is 0.972. The molecule has 0 atom stereocenters. The predicted octanol–water partition coefficient (Wildman–Crippen LogP) is 2.74. The van der Waals surface area contributed by atoms with Gasteiger partial charge in [-0.25, -0.2) is 4.98 Å². The molecule has 1 aromatic heterocycles.